The topological polar surface area (TPSA) is 0 Å². The molecular weight excluding hydrogens is 240 g/mol. The van der Waals surface area contributed by atoms with Gasteiger partial charge in [-0.2, -0.15) is 0 Å². The van der Waals surface area contributed by atoms with Crippen molar-refractivity contribution in [2.24, 2.45) is 0 Å². The lowest BCUT2D eigenvalue weighted by Crippen LogP contribution is -2.05. The van der Waals surface area contributed by atoms with Gasteiger partial charge in [0.05, 0.1) is 0 Å². The Morgan fingerprint density at radius 2 is 1.20 bits per heavy atom. The molecule has 0 saturated heterocycles. The Morgan fingerprint density at radius 3 is 2.10 bits per heavy atom. The molecule has 1 aliphatic carbocycles. The van der Waals surface area contributed by atoms with Gasteiger partial charge in [-0.05, 0) is 46.2 Å². The van der Waals surface area contributed by atoms with Gasteiger partial charge in [-0.1, -0.05) is 72.8 Å². The minimum Gasteiger partial charge on any atom is -0.0622 e. The second kappa shape index (κ2) is 4.64. The molecule has 0 atom stereocenters. The third kappa shape index (κ3) is 1.77. The number of hydrogen-bond donors (Lipinski definition) is 0. The van der Waals surface area contributed by atoms with Crippen molar-refractivity contribution in [1.82, 2.24) is 0 Å². The van der Waals surface area contributed by atoms with Gasteiger partial charge in [0.25, 0.3) is 0 Å². The van der Waals surface area contributed by atoms with Gasteiger partial charge in [0.1, 0.15) is 0 Å². The molecule has 0 aliphatic heterocycles. The number of rotatable bonds is 1. The van der Waals surface area contributed by atoms with Crippen molar-refractivity contribution in [3.05, 3.63) is 83.9 Å². The third-order valence-electron chi connectivity index (χ3n) is 4.21. The van der Waals surface area contributed by atoms with E-state index in [4.69, 9.17) is 0 Å². The molecule has 96 valence electrons. The largest absolute Gasteiger partial charge is 0.0622 e. The molecule has 0 saturated carbocycles. The van der Waals surface area contributed by atoms with E-state index < -0.39 is 0 Å². The van der Waals surface area contributed by atoms with Gasteiger partial charge in [0.15, 0.2) is 0 Å². The summed E-state index contributed by atoms with van der Waals surface area (Å²) in [5, 5.41) is 0. The van der Waals surface area contributed by atoms with Gasteiger partial charge in [0.2, 0.25) is 0 Å². The number of aryl methyl sites for hydroxylation is 1. The molecular formula is C20H16. The van der Waals surface area contributed by atoms with Crippen LogP contribution in [-0.2, 0) is 12.8 Å². The minimum atomic E-state index is 1.14. The van der Waals surface area contributed by atoms with Crippen molar-refractivity contribution in [2.45, 2.75) is 12.8 Å². The monoisotopic (exact) mass is 256 g/mol. The highest BCUT2D eigenvalue weighted by atomic mass is 14.2. The van der Waals surface area contributed by atoms with E-state index in [2.05, 4.69) is 72.8 Å². The van der Waals surface area contributed by atoms with Crippen LogP contribution < -0.4 is 0 Å². The summed E-state index contributed by atoms with van der Waals surface area (Å²) in [6.07, 6.45) is 2.28. The summed E-state index contributed by atoms with van der Waals surface area (Å²) in [4.78, 5) is 0. The highest BCUT2D eigenvalue weighted by Crippen LogP contribution is 2.38. The lowest BCUT2D eigenvalue weighted by molar-refractivity contribution is 0.944. The summed E-state index contributed by atoms with van der Waals surface area (Å²) in [5.41, 5.74) is 8.50. The van der Waals surface area contributed by atoms with Gasteiger partial charge >= 0.3 is 0 Å². The van der Waals surface area contributed by atoms with Crippen molar-refractivity contribution in [2.75, 3.05) is 0 Å². The van der Waals surface area contributed by atoms with Gasteiger partial charge in [0, 0.05) is 0 Å². The highest BCUT2D eigenvalue weighted by Gasteiger charge is 2.18. The Labute approximate surface area is 119 Å². The van der Waals surface area contributed by atoms with E-state index in [1.54, 1.807) is 0 Å². The highest BCUT2D eigenvalue weighted by molar-refractivity contribution is 5.81. The quantitative estimate of drug-likeness (QED) is 0.567. The van der Waals surface area contributed by atoms with Crippen LogP contribution in [-0.4, -0.2) is 0 Å². The Kier molecular flexibility index (Phi) is 2.67. The van der Waals surface area contributed by atoms with E-state index >= 15 is 0 Å². The van der Waals surface area contributed by atoms with Crippen molar-refractivity contribution in [3.8, 4) is 22.3 Å². The van der Waals surface area contributed by atoms with E-state index in [1.165, 1.54) is 33.4 Å². The summed E-state index contributed by atoms with van der Waals surface area (Å²) in [7, 11) is 0. The fourth-order valence-corrected chi connectivity index (χ4v) is 3.26. The van der Waals surface area contributed by atoms with Crippen LogP contribution in [0.1, 0.15) is 11.1 Å². The van der Waals surface area contributed by atoms with Crippen molar-refractivity contribution < 1.29 is 0 Å². The normalized spacial score (nSPS) is 12.6. The standard InChI is InChI=1S/C20H16/c1-2-7-15(8-3-1)18-11-6-12-19-17-10-5-4-9-16(17)13-14-20(18)19/h1-12H,13-14H2. The average Bonchev–Trinajstić information content (AvgIpc) is 2.55. The molecule has 0 spiro atoms. The van der Waals surface area contributed by atoms with Crippen LogP contribution in [0, 0.1) is 0 Å². The molecule has 0 radical (unpaired) electrons. The number of hydrogen-bond acceptors (Lipinski definition) is 0. The van der Waals surface area contributed by atoms with E-state index in [1.807, 2.05) is 0 Å². The summed E-state index contributed by atoms with van der Waals surface area (Å²) < 4.78 is 0. The maximum absolute atomic E-state index is 2.26. The zero-order valence-corrected chi connectivity index (χ0v) is 11.3. The van der Waals surface area contributed by atoms with Crippen molar-refractivity contribution in [1.29, 1.82) is 0 Å². The molecule has 0 N–H and O–H groups in total. The van der Waals surface area contributed by atoms with Crippen LogP contribution in [0.15, 0.2) is 72.8 Å². The maximum atomic E-state index is 2.26. The molecule has 0 unspecified atom stereocenters. The van der Waals surface area contributed by atoms with Gasteiger partial charge in [-0.15, -0.1) is 0 Å². The second-order valence-electron chi connectivity index (χ2n) is 5.35. The fourth-order valence-electron chi connectivity index (χ4n) is 3.26. The predicted octanol–water partition coefficient (Wildman–Crippen LogP) is 5.12. The van der Waals surface area contributed by atoms with Crippen LogP contribution in [0.25, 0.3) is 22.3 Å². The SMILES string of the molecule is c1ccc(-c2cccc3c2CCc2ccccc2-3)cc1. The summed E-state index contributed by atoms with van der Waals surface area (Å²) in [5.74, 6) is 0. The summed E-state index contributed by atoms with van der Waals surface area (Å²) >= 11 is 0. The van der Waals surface area contributed by atoms with E-state index in [-0.39, 0.29) is 0 Å². The lowest BCUT2D eigenvalue weighted by atomic mass is 9.82. The molecule has 20 heavy (non-hydrogen) atoms. The van der Waals surface area contributed by atoms with Gasteiger partial charge in [-0.3, -0.25) is 0 Å². The first kappa shape index (κ1) is 11.5. The molecule has 0 heteroatoms. The first-order valence-electron chi connectivity index (χ1n) is 7.19. The Morgan fingerprint density at radius 1 is 0.500 bits per heavy atom. The Balaban J connectivity index is 1.95. The van der Waals surface area contributed by atoms with Crippen LogP contribution in [0.2, 0.25) is 0 Å². The molecule has 0 amide bonds. The molecule has 1 aliphatic rings. The first-order chi connectivity index (χ1) is 9.93. The van der Waals surface area contributed by atoms with Crippen molar-refractivity contribution >= 4 is 0 Å². The molecule has 0 aromatic heterocycles. The number of fused-ring (bicyclic) bond motifs is 3. The molecule has 0 bridgehead atoms. The summed E-state index contributed by atoms with van der Waals surface area (Å²) in [6, 6.07) is 26.2. The van der Waals surface area contributed by atoms with Crippen molar-refractivity contribution in [3.63, 3.8) is 0 Å². The zero-order chi connectivity index (χ0) is 13.4. The molecule has 4 rings (SSSR count). The van der Waals surface area contributed by atoms with Gasteiger partial charge < -0.3 is 0 Å². The number of benzene rings is 3. The van der Waals surface area contributed by atoms with E-state index in [0.29, 0.717) is 0 Å². The molecule has 3 aromatic carbocycles. The summed E-state index contributed by atoms with van der Waals surface area (Å²) in [6.45, 7) is 0. The average molecular weight is 256 g/mol. The van der Waals surface area contributed by atoms with Crippen LogP contribution in [0.5, 0.6) is 0 Å². The maximum Gasteiger partial charge on any atom is -0.0143 e. The molecule has 0 fully saturated rings. The first-order valence-corrected chi connectivity index (χ1v) is 7.19. The van der Waals surface area contributed by atoms with Crippen LogP contribution in [0.3, 0.4) is 0 Å². The minimum absolute atomic E-state index is 1.14. The lowest BCUT2D eigenvalue weighted by Gasteiger charge is -2.22. The Bertz CT molecular complexity index is 740. The van der Waals surface area contributed by atoms with Gasteiger partial charge in [-0.25, -0.2) is 0 Å². The van der Waals surface area contributed by atoms with E-state index in [0.717, 1.165) is 12.8 Å². The molecule has 0 nitrogen and oxygen atoms in total. The fraction of sp³-hybridized carbons (Fsp3) is 0.100. The smallest absolute Gasteiger partial charge is 0.0143 e. The predicted molar refractivity (Wildman–Crippen MR) is 84.7 cm³/mol. The Hall–Kier alpha value is -2.34. The van der Waals surface area contributed by atoms with Crippen LogP contribution in [0.4, 0.5) is 0 Å². The van der Waals surface area contributed by atoms with E-state index in [9.17, 15) is 0 Å². The zero-order valence-electron chi connectivity index (χ0n) is 11.3. The third-order valence-corrected chi connectivity index (χ3v) is 4.21. The molecule has 3 aromatic rings. The van der Waals surface area contributed by atoms with Crippen LogP contribution >= 0.6 is 0 Å². The second-order valence-corrected chi connectivity index (χ2v) is 5.35. The molecule has 0 heterocycles.